The first-order valence-electron chi connectivity index (χ1n) is 9.29. The first kappa shape index (κ1) is 21.8. The summed E-state index contributed by atoms with van der Waals surface area (Å²) in [7, 11) is 0. The lowest BCUT2D eigenvalue weighted by atomic mass is 10.2. The molecule has 3 N–H and O–H groups in total. The molecule has 1 aromatic carbocycles. The molecule has 1 amide bonds. The Morgan fingerprint density at radius 2 is 2.06 bits per heavy atom. The standard InChI is InChI=1S/C19H20N8O3S/c1-3-30-15(28)11-31-19-25-24-18(21)26(19)12(2)17(29)23-16-13(9-20)10-22-27(16)14-7-5-4-6-8-14/h4-8,10,12H,3,11H2,1-2H3,(H2,21,24)(H,23,29). The van der Waals surface area contributed by atoms with Crippen molar-refractivity contribution in [1.29, 1.82) is 5.26 Å². The van der Waals surface area contributed by atoms with Gasteiger partial charge in [-0.25, -0.2) is 4.68 Å². The second kappa shape index (κ2) is 9.77. The van der Waals surface area contributed by atoms with Gasteiger partial charge in [-0.2, -0.15) is 10.4 Å². The average molecular weight is 440 g/mol. The number of hydrogen-bond acceptors (Lipinski definition) is 9. The Labute approximate surface area is 182 Å². The van der Waals surface area contributed by atoms with Crippen LogP contribution >= 0.6 is 11.8 Å². The van der Waals surface area contributed by atoms with E-state index in [1.165, 1.54) is 15.4 Å². The van der Waals surface area contributed by atoms with E-state index in [-0.39, 0.29) is 29.7 Å². The number of hydrogen-bond donors (Lipinski definition) is 2. The molecular weight excluding hydrogens is 420 g/mol. The monoisotopic (exact) mass is 440 g/mol. The van der Waals surface area contributed by atoms with Crippen molar-refractivity contribution in [3.05, 3.63) is 42.1 Å². The van der Waals surface area contributed by atoms with E-state index < -0.39 is 17.9 Å². The van der Waals surface area contributed by atoms with Gasteiger partial charge in [0.15, 0.2) is 11.0 Å². The molecule has 0 aliphatic rings. The molecule has 0 aliphatic carbocycles. The third-order valence-electron chi connectivity index (χ3n) is 4.21. The summed E-state index contributed by atoms with van der Waals surface area (Å²) in [5.41, 5.74) is 6.79. The molecule has 31 heavy (non-hydrogen) atoms. The van der Waals surface area contributed by atoms with E-state index in [9.17, 15) is 14.9 Å². The summed E-state index contributed by atoms with van der Waals surface area (Å²) in [5.74, 6) is -0.620. The van der Waals surface area contributed by atoms with Crippen LogP contribution in [0.2, 0.25) is 0 Å². The highest BCUT2D eigenvalue weighted by atomic mass is 32.2. The van der Waals surface area contributed by atoms with Gasteiger partial charge in [-0.05, 0) is 26.0 Å². The summed E-state index contributed by atoms with van der Waals surface area (Å²) < 4.78 is 7.78. The fourth-order valence-corrected chi connectivity index (χ4v) is 3.55. The number of nitrogens with zero attached hydrogens (tertiary/aromatic N) is 6. The number of nitrogen functional groups attached to an aromatic ring is 1. The van der Waals surface area contributed by atoms with E-state index >= 15 is 0 Å². The molecule has 12 heteroatoms. The molecule has 2 heterocycles. The second-order valence-corrected chi connectivity index (χ2v) is 7.18. The van der Waals surface area contributed by atoms with Crippen molar-refractivity contribution in [3.8, 4) is 11.8 Å². The van der Waals surface area contributed by atoms with Gasteiger partial charge < -0.3 is 15.8 Å². The van der Waals surface area contributed by atoms with Crippen LogP contribution in [0, 0.1) is 11.3 Å². The SMILES string of the molecule is CCOC(=O)CSc1nnc(N)n1C(C)C(=O)Nc1c(C#N)cnn1-c1ccccc1. The number of ether oxygens (including phenoxy) is 1. The van der Waals surface area contributed by atoms with Gasteiger partial charge in [-0.3, -0.25) is 14.2 Å². The zero-order valence-electron chi connectivity index (χ0n) is 16.8. The maximum absolute atomic E-state index is 13.0. The van der Waals surface area contributed by atoms with E-state index in [4.69, 9.17) is 10.5 Å². The molecule has 0 fully saturated rings. The maximum atomic E-state index is 13.0. The highest BCUT2D eigenvalue weighted by Gasteiger charge is 2.25. The number of amides is 1. The van der Waals surface area contributed by atoms with Crippen molar-refractivity contribution in [2.75, 3.05) is 23.4 Å². The Balaban J connectivity index is 1.83. The van der Waals surface area contributed by atoms with Gasteiger partial charge in [0.1, 0.15) is 17.7 Å². The molecule has 11 nitrogen and oxygen atoms in total. The minimum absolute atomic E-state index is 0.000327. The zero-order valence-corrected chi connectivity index (χ0v) is 17.7. The molecule has 1 unspecified atom stereocenters. The molecule has 0 saturated heterocycles. The third-order valence-corrected chi connectivity index (χ3v) is 5.13. The summed E-state index contributed by atoms with van der Waals surface area (Å²) in [4.78, 5) is 24.7. The van der Waals surface area contributed by atoms with Gasteiger partial charge >= 0.3 is 5.97 Å². The second-order valence-electron chi connectivity index (χ2n) is 6.24. The smallest absolute Gasteiger partial charge is 0.316 e. The van der Waals surface area contributed by atoms with Crippen molar-refractivity contribution in [2.45, 2.75) is 25.0 Å². The predicted molar refractivity (Wildman–Crippen MR) is 113 cm³/mol. The maximum Gasteiger partial charge on any atom is 0.316 e. The van der Waals surface area contributed by atoms with Crippen LogP contribution in [0.1, 0.15) is 25.5 Å². The predicted octanol–water partition coefficient (Wildman–Crippen LogP) is 1.77. The van der Waals surface area contributed by atoms with Crippen LogP contribution < -0.4 is 11.1 Å². The fourth-order valence-electron chi connectivity index (χ4n) is 2.73. The van der Waals surface area contributed by atoms with Crippen molar-refractivity contribution < 1.29 is 14.3 Å². The van der Waals surface area contributed by atoms with E-state index in [0.29, 0.717) is 10.8 Å². The zero-order chi connectivity index (χ0) is 22.4. The normalized spacial score (nSPS) is 11.5. The number of nitrogens with two attached hydrogens (primary N) is 1. The lowest BCUT2D eigenvalue weighted by molar-refractivity contribution is -0.139. The van der Waals surface area contributed by atoms with Crippen LogP contribution in [-0.4, -0.2) is 48.8 Å². The van der Waals surface area contributed by atoms with Crippen LogP contribution in [-0.2, 0) is 14.3 Å². The number of carbonyl (C=O) groups excluding carboxylic acids is 2. The number of nitrogens with one attached hydrogen (secondary N) is 1. The van der Waals surface area contributed by atoms with Crippen LogP contribution in [0.25, 0.3) is 5.69 Å². The number of para-hydroxylation sites is 1. The lowest BCUT2D eigenvalue weighted by Gasteiger charge is -2.17. The number of thioether (sulfide) groups is 1. The van der Waals surface area contributed by atoms with Crippen molar-refractivity contribution in [2.24, 2.45) is 0 Å². The van der Waals surface area contributed by atoms with Crippen LogP contribution in [0.5, 0.6) is 0 Å². The van der Waals surface area contributed by atoms with E-state index in [2.05, 4.69) is 20.6 Å². The molecule has 0 aliphatic heterocycles. The minimum Gasteiger partial charge on any atom is -0.465 e. The molecule has 0 saturated carbocycles. The molecule has 0 bridgehead atoms. The van der Waals surface area contributed by atoms with Crippen LogP contribution in [0.3, 0.4) is 0 Å². The first-order valence-corrected chi connectivity index (χ1v) is 10.3. The Kier molecular flexibility index (Phi) is 6.88. The van der Waals surface area contributed by atoms with Crippen molar-refractivity contribution in [1.82, 2.24) is 24.5 Å². The highest BCUT2D eigenvalue weighted by molar-refractivity contribution is 7.99. The van der Waals surface area contributed by atoms with Gasteiger partial charge in [-0.1, -0.05) is 30.0 Å². The largest absolute Gasteiger partial charge is 0.465 e. The molecule has 2 aromatic heterocycles. The van der Waals surface area contributed by atoms with Gasteiger partial charge in [0.25, 0.3) is 0 Å². The number of esters is 1. The van der Waals surface area contributed by atoms with E-state index in [1.54, 1.807) is 26.0 Å². The number of carbonyl (C=O) groups is 2. The average Bonchev–Trinajstić information content (AvgIpc) is 3.35. The van der Waals surface area contributed by atoms with Gasteiger partial charge in [-0.15, -0.1) is 10.2 Å². The van der Waals surface area contributed by atoms with Gasteiger partial charge in [0.05, 0.1) is 24.2 Å². The Morgan fingerprint density at radius 3 is 2.74 bits per heavy atom. The van der Waals surface area contributed by atoms with Crippen molar-refractivity contribution in [3.63, 3.8) is 0 Å². The van der Waals surface area contributed by atoms with E-state index in [1.807, 2.05) is 24.3 Å². The fraction of sp³-hybridized carbons (Fsp3) is 0.263. The quantitative estimate of drug-likeness (QED) is 0.394. The Morgan fingerprint density at radius 1 is 1.32 bits per heavy atom. The number of benzene rings is 1. The highest BCUT2D eigenvalue weighted by Crippen LogP contribution is 2.25. The summed E-state index contributed by atoms with van der Waals surface area (Å²) in [5, 5.41) is 24.4. The van der Waals surface area contributed by atoms with E-state index in [0.717, 1.165) is 11.8 Å². The summed E-state index contributed by atoms with van der Waals surface area (Å²) in [6.07, 6.45) is 1.38. The number of nitriles is 1. The molecule has 3 rings (SSSR count). The molecular formula is C19H20N8O3S. The molecule has 0 spiro atoms. The number of anilines is 2. The Bertz CT molecular complexity index is 1120. The first-order chi connectivity index (χ1) is 15.0. The number of rotatable bonds is 8. The topological polar surface area (TPSA) is 154 Å². The van der Waals surface area contributed by atoms with Crippen molar-refractivity contribution >= 4 is 35.4 Å². The Hall–Kier alpha value is -3.85. The van der Waals surface area contributed by atoms with Gasteiger partial charge in [0.2, 0.25) is 11.9 Å². The third kappa shape index (κ3) is 4.84. The number of aromatic nitrogens is 5. The molecule has 1 atom stereocenters. The molecule has 0 radical (unpaired) electrons. The van der Waals surface area contributed by atoms with Crippen LogP contribution in [0.15, 0.2) is 41.7 Å². The minimum atomic E-state index is -0.828. The summed E-state index contributed by atoms with van der Waals surface area (Å²) >= 11 is 1.06. The molecule has 3 aromatic rings. The summed E-state index contributed by atoms with van der Waals surface area (Å²) in [6.45, 7) is 3.59. The molecule has 160 valence electrons. The van der Waals surface area contributed by atoms with Gasteiger partial charge in [0, 0.05) is 0 Å². The summed E-state index contributed by atoms with van der Waals surface area (Å²) in [6, 6.07) is 10.3. The van der Waals surface area contributed by atoms with Crippen LogP contribution in [0.4, 0.5) is 11.8 Å². The lowest BCUT2D eigenvalue weighted by Crippen LogP contribution is -2.26.